The smallest absolute Gasteiger partial charge is 0.332 e. The Labute approximate surface area is 179 Å². The van der Waals surface area contributed by atoms with Gasteiger partial charge in [0.2, 0.25) is 5.95 Å². The maximum Gasteiger partial charge on any atom is 0.332 e. The van der Waals surface area contributed by atoms with Crippen molar-refractivity contribution in [2.75, 3.05) is 30.0 Å². The van der Waals surface area contributed by atoms with Crippen molar-refractivity contribution < 1.29 is 4.74 Å². The second kappa shape index (κ2) is 7.93. The molecule has 2 aromatic heterocycles. The van der Waals surface area contributed by atoms with Crippen LogP contribution in [0.1, 0.15) is 26.8 Å². The van der Waals surface area contributed by atoms with Crippen LogP contribution in [0.5, 0.6) is 5.75 Å². The number of rotatable bonds is 6. The van der Waals surface area contributed by atoms with E-state index in [1.165, 1.54) is 11.6 Å². The molecule has 4 rings (SSSR count). The van der Waals surface area contributed by atoms with E-state index >= 15 is 0 Å². The van der Waals surface area contributed by atoms with Gasteiger partial charge in [-0.25, -0.2) is 9.80 Å². The lowest BCUT2D eigenvalue weighted by Gasteiger charge is -2.29. The molecule has 3 heterocycles. The van der Waals surface area contributed by atoms with Gasteiger partial charge in [-0.3, -0.25) is 18.5 Å². The first-order valence-corrected chi connectivity index (χ1v) is 10.3. The van der Waals surface area contributed by atoms with E-state index < -0.39 is 5.69 Å². The van der Waals surface area contributed by atoms with E-state index in [1.54, 1.807) is 12.1 Å². The molecule has 0 fully saturated rings. The Morgan fingerprint density at radius 2 is 1.90 bits per heavy atom. The Bertz CT molecular complexity index is 1280. The van der Waals surface area contributed by atoms with Crippen molar-refractivity contribution in [3.05, 3.63) is 45.1 Å². The lowest BCUT2D eigenvalue weighted by atomic mass is 10.2. The summed E-state index contributed by atoms with van der Waals surface area (Å²) in [6.07, 6.45) is 0. The summed E-state index contributed by atoms with van der Waals surface area (Å²) >= 11 is 0. The summed E-state index contributed by atoms with van der Waals surface area (Å²) in [4.78, 5) is 29.9. The van der Waals surface area contributed by atoms with E-state index in [0.717, 1.165) is 21.7 Å². The molecular formula is C21H27N7O3. The molecule has 3 aromatic rings. The Hall–Kier alpha value is -3.56. The quantitative estimate of drug-likeness (QED) is 0.646. The minimum absolute atomic E-state index is 0.145. The van der Waals surface area contributed by atoms with Crippen LogP contribution < -0.4 is 26.3 Å². The molecule has 0 unspecified atom stereocenters. The number of aryl methyl sites for hydroxylation is 1. The fourth-order valence-electron chi connectivity index (χ4n) is 3.80. The number of ether oxygens (including phenoxy) is 1. The first-order valence-electron chi connectivity index (χ1n) is 10.3. The first-order chi connectivity index (χ1) is 14.8. The van der Waals surface area contributed by atoms with Crippen molar-refractivity contribution in [1.29, 1.82) is 0 Å². The summed E-state index contributed by atoms with van der Waals surface area (Å²) in [6.45, 7) is 7.53. The first kappa shape index (κ1) is 20.7. The highest BCUT2D eigenvalue weighted by Crippen LogP contribution is 2.30. The van der Waals surface area contributed by atoms with Gasteiger partial charge in [0.25, 0.3) is 5.56 Å². The van der Waals surface area contributed by atoms with Crippen molar-refractivity contribution in [1.82, 2.24) is 18.7 Å². The molecule has 1 aliphatic heterocycles. The number of anilines is 2. The summed E-state index contributed by atoms with van der Waals surface area (Å²) < 4.78 is 10.0. The van der Waals surface area contributed by atoms with E-state index in [0.29, 0.717) is 36.8 Å². The van der Waals surface area contributed by atoms with Gasteiger partial charge in [-0.1, -0.05) is 12.1 Å². The van der Waals surface area contributed by atoms with Gasteiger partial charge in [0.05, 0.1) is 30.6 Å². The number of para-hydroxylation sites is 2. The third-order valence-corrected chi connectivity index (χ3v) is 5.60. The van der Waals surface area contributed by atoms with Crippen LogP contribution in [-0.2, 0) is 14.1 Å². The highest BCUT2D eigenvalue weighted by atomic mass is 16.5. The molecule has 1 aliphatic rings. The number of aromatic nitrogens is 4. The normalized spacial score (nSPS) is 15.7. The SMILES string of the molecule is CCOc1ccccc1NCCN1N=C(C)[C@H](C)n2c1nc1c2c(=O)n(C)c(=O)n1C. The molecule has 10 heteroatoms. The van der Waals surface area contributed by atoms with Crippen LogP contribution in [0.25, 0.3) is 11.2 Å². The fourth-order valence-corrected chi connectivity index (χ4v) is 3.80. The molecular weight excluding hydrogens is 398 g/mol. The second-order valence-electron chi connectivity index (χ2n) is 7.56. The number of nitrogens with one attached hydrogen (secondary N) is 1. The summed E-state index contributed by atoms with van der Waals surface area (Å²) in [6, 6.07) is 7.63. The van der Waals surface area contributed by atoms with Gasteiger partial charge in [-0.15, -0.1) is 0 Å². The van der Waals surface area contributed by atoms with Gasteiger partial charge in [0, 0.05) is 20.6 Å². The summed E-state index contributed by atoms with van der Waals surface area (Å²) in [7, 11) is 3.11. The lowest BCUT2D eigenvalue weighted by molar-refractivity contribution is 0.341. The van der Waals surface area contributed by atoms with Gasteiger partial charge in [0.1, 0.15) is 5.75 Å². The molecule has 0 aliphatic carbocycles. The minimum Gasteiger partial charge on any atom is -0.492 e. The number of benzene rings is 1. The van der Waals surface area contributed by atoms with Crippen LogP contribution in [0.15, 0.2) is 39.0 Å². The second-order valence-corrected chi connectivity index (χ2v) is 7.56. The molecule has 1 atom stereocenters. The van der Waals surface area contributed by atoms with Crippen molar-refractivity contribution in [2.24, 2.45) is 19.2 Å². The van der Waals surface area contributed by atoms with E-state index in [2.05, 4.69) is 10.3 Å². The van der Waals surface area contributed by atoms with Crippen LogP contribution in [0.4, 0.5) is 11.6 Å². The minimum atomic E-state index is -0.404. The number of hydrogen-bond donors (Lipinski definition) is 1. The Morgan fingerprint density at radius 3 is 2.65 bits per heavy atom. The van der Waals surface area contributed by atoms with Gasteiger partial charge in [-0.05, 0) is 32.9 Å². The lowest BCUT2D eigenvalue weighted by Crippen LogP contribution is -2.39. The third kappa shape index (κ3) is 3.37. The monoisotopic (exact) mass is 425 g/mol. The molecule has 164 valence electrons. The van der Waals surface area contributed by atoms with Crippen molar-refractivity contribution in [3.63, 3.8) is 0 Å². The van der Waals surface area contributed by atoms with Gasteiger partial charge < -0.3 is 10.1 Å². The van der Waals surface area contributed by atoms with Crippen LogP contribution in [0.3, 0.4) is 0 Å². The standard InChI is InChI=1S/C21H27N7O3/c1-6-31-16-10-8-7-9-15(16)22-11-12-27-20-23-18-17(28(20)14(3)13(2)24-27)19(29)26(5)21(30)25(18)4/h7-10,14,22H,6,11-12H2,1-5H3/t14-/m0/s1. The summed E-state index contributed by atoms with van der Waals surface area (Å²) in [5, 5.41) is 9.85. The molecule has 0 amide bonds. The largest absolute Gasteiger partial charge is 0.492 e. The molecule has 0 radical (unpaired) electrons. The predicted octanol–water partition coefficient (Wildman–Crippen LogP) is 1.70. The van der Waals surface area contributed by atoms with Gasteiger partial charge in [-0.2, -0.15) is 10.1 Å². The topological polar surface area (TPSA) is 98.7 Å². The maximum absolute atomic E-state index is 12.9. The molecule has 1 aromatic carbocycles. The molecule has 10 nitrogen and oxygen atoms in total. The predicted molar refractivity (Wildman–Crippen MR) is 121 cm³/mol. The number of fused-ring (bicyclic) bond motifs is 3. The zero-order valence-electron chi connectivity index (χ0n) is 18.4. The Morgan fingerprint density at radius 1 is 1.16 bits per heavy atom. The highest BCUT2D eigenvalue weighted by Gasteiger charge is 2.30. The van der Waals surface area contributed by atoms with Crippen molar-refractivity contribution in [2.45, 2.75) is 26.8 Å². The van der Waals surface area contributed by atoms with E-state index in [-0.39, 0.29) is 11.6 Å². The average Bonchev–Trinajstić information content (AvgIpc) is 3.17. The van der Waals surface area contributed by atoms with Crippen LogP contribution in [0, 0.1) is 0 Å². The molecule has 31 heavy (non-hydrogen) atoms. The molecule has 0 spiro atoms. The third-order valence-electron chi connectivity index (χ3n) is 5.60. The van der Waals surface area contributed by atoms with Crippen molar-refractivity contribution >= 4 is 28.5 Å². The van der Waals surface area contributed by atoms with Gasteiger partial charge >= 0.3 is 5.69 Å². The number of imidazole rings is 1. The molecule has 0 saturated carbocycles. The van der Waals surface area contributed by atoms with Crippen LogP contribution >= 0.6 is 0 Å². The zero-order valence-corrected chi connectivity index (χ0v) is 18.4. The fraction of sp³-hybridized carbons (Fsp3) is 0.429. The molecule has 0 bridgehead atoms. The number of hydrazone groups is 1. The average molecular weight is 425 g/mol. The highest BCUT2D eigenvalue weighted by molar-refractivity contribution is 5.91. The van der Waals surface area contributed by atoms with Crippen LogP contribution in [0.2, 0.25) is 0 Å². The van der Waals surface area contributed by atoms with E-state index in [9.17, 15) is 9.59 Å². The van der Waals surface area contributed by atoms with Crippen molar-refractivity contribution in [3.8, 4) is 5.75 Å². The van der Waals surface area contributed by atoms with Gasteiger partial charge in [0.15, 0.2) is 11.2 Å². The summed E-state index contributed by atoms with van der Waals surface area (Å²) in [5.74, 6) is 1.34. The molecule has 0 saturated heterocycles. The van der Waals surface area contributed by atoms with E-state index in [4.69, 9.17) is 9.84 Å². The summed E-state index contributed by atoms with van der Waals surface area (Å²) in [5.41, 5.74) is 1.76. The number of hydrogen-bond acceptors (Lipinski definition) is 7. The Kier molecular flexibility index (Phi) is 5.30. The van der Waals surface area contributed by atoms with Crippen LogP contribution in [-0.4, -0.2) is 44.1 Å². The molecule has 1 N–H and O–H groups in total. The zero-order chi connectivity index (χ0) is 22.3. The Balaban J connectivity index is 1.69. The number of nitrogens with zero attached hydrogens (tertiary/aromatic N) is 6. The van der Waals surface area contributed by atoms with E-state index in [1.807, 2.05) is 49.6 Å². The maximum atomic E-state index is 12.9.